The van der Waals surface area contributed by atoms with Gasteiger partial charge >= 0.3 is 0 Å². The average Bonchev–Trinajstić information content (AvgIpc) is 3.15. The van der Waals surface area contributed by atoms with Crippen LogP contribution in [0.3, 0.4) is 0 Å². The number of nitrogens with one attached hydrogen (secondary N) is 2. The Balaban J connectivity index is 1.77. The molecule has 2 aromatic rings. The van der Waals surface area contributed by atoms with E-state index < -0.39 is 0 Å². The zero-order valence-corrected chi connectivity index (χ0v) is 13.5. The van der Waals surface area contributed by atoms with Crippen LogP contribution in [-0.4, -0.2) is 58.2 Å². The molecule has 23 heavy (non-hydrogen) atoms. The number of aromatic nitrogens is 4. The van der Waals surface area contributed by atoms with Crippen LogP contribution < -0.4 is 10.5 Å². The van der Waals surface area contributed by atoms with Crippen molar-refractivity contribution in [2.75, 3.05) is 32.1 Å². The SMILES string of the molecule is Cc1cc(C(=O)N2CCC(c3cc(=O)[nH]c(N(C)C)n3)C2)n[nH]1. The lowest BCUT2D eigenvalue weighted by molar-refractivity contribution is 0.0785. The second kappa shape index (κ2) is 5.86. The Hall–Kier alpha value is -2.64. The highest BCUT2D eigenvalue weighted by atomic mass is 16.2. The summed E-state index contributed by atoms with van der Waals surface area (Å²) in [6.07, 6.45) is 0.790. The van der Waals surface area contributed by atoms with E-state index in [9.17, 15) is 9.59 Å². The van der Waals surface area contributed by atoms with Gasteiger partial charge in [0.2, 0.25) is 5.95 Å². The molecular formula is C15H20N6O2. The zero-order valence-electron chi connectivity index (χ0n) is 13.5. The molecule has 1 aliphatic rings. The largest absolute Gasteiger partial charge is 0.348 e. The summed E-state index contributed by atoms with van der Waals surface area (Å²) in [6, 6.07) is 3.26. The van der Waals surface area contributed by atoms with Gasteiger partial charge in [0, 0.05) is 44.9 Å². The quantitative estimate of drug-likeness (QED) is 0.859. The van der Waals surface area contributed by atoms with E-state index in [0.717, 1.165) is 17.8 Å². The predicted octanol–water partition coefficient (Wildman–Crippen LogP) is 0.497. The van der Waals surface area contributed by atoms with E-state index in [0.29, 0.717) is 24.7 Å². The van der Waals surface area contributed by atoms with Crippen molar-refractivity contribution in [2.45, 2.75) is 19.3 Å². The molecule has 8 nitrogen and oxygen atoms in total. The number of amides is 1. The fourth-order valence-electron chi connectivity index (χ4n) is 2.76. The Kier molecular flexibility index (Phi) is 3.89. The number of hydrogen-bond acceptors (Lipinski definition) is 5. The number of H-pyrrole nitrogens is 2. The van der Waals surface area contributed by atoms with Crippen LogP contribution >= 0.6 is 0 Å². The standard InChI is InChI=1S/C15H20N6O2/c1-9-6-12(19-18-9)14(23)21-5-4-10(8-21)11-7-13(22)17-15(16-11)20(2)3/h6-7,10H,4-5,8H2,1-3H3,(H,18,19)(H,16,17,22). The summed E-state index contributed by atoms with van der Waals surface area (Å²) in [5.74, 6) is 0.509. The van der Waals surface area contributed by atoms with Crippen LogP contribution in [0, 0.1) is 6.92 Å². The van der Waals surface area contributed by atoms with Gasteiger partial charge in [0.25, 0.3) is 11.5 Å². The molecule has 8 heteroatoms. The molecule has 0 aliphatic carbocycles. The summed E-state index contributed by atoms with van der Waals surface area (Å²) in [7, 11) is 3.65. The molecule has 1 atom stereocenters. The van der Waals surface area contributed by atoms with Crippen LogP contribution in [0.25, 0.3) is 0 Å². The fourth-order valence-corrected chi connectivity index (χ4v) is 2.76. The lowest BCUT2D eigenvalue weighted by atomic mass is 10.1. The first-order valence-corrected chi connectivity index (χ1v) is 7.54. The van der Waals surface area contributed by atoms with Crippen molar-refractivity contribution in [2.24, 2.45) is 0 Å². The normalized spacial score (nSPS) is 17.5. The molecule has 1 fully saturated rings. The van der Waals surface area contributed by atoms with Crippen molar-refractivity contribution in [1.29, 1.82) is 0 Å². The van der Waals surface area contributed by atoms with E-state index in [-0.39, 0.29) is 17.4 Å². The van der Waals surface area contributed by atoms with E-state index in [2.05, 4.69) is 20.2 Å². The Morgan fingerprint density at radius 2 is 2.17 bits per heavy atom. The number of carbonyl (C=O) groups excluding carboxylic acids is 1. The smallest absolute Gasteiger partial charge is 0.274 e. The van der Waals surface area contributed by atoms with Gasteiger partial charge in [-0.1, -0.05) is 0 Å². The highest BCUT2D eigenvalue weighted by molar-refractivity contribution is 5.92. The van der Waals surface area contributed by atoms with Gasteiger partial charge in [-0.25, -0.2) is 4.98 Å². The third-order valence-corrected chi connectivity index (χ3v) is 3.99. The van der Waals surface area contributed by atoms with Crippen molar-refractivity contribution in [3.05, 3.63) is 39.6 Å². The van der Waals surface area contributed by atoms with Gasteiger partial charge in [-0.3, -0.25) is 19.7 Å². The van der Waals surface area contributed by atoms with Crippen molar-refractivity contribution in [3.63, 3.8) is 0 Å². The lowest BCUT2D eigenvalue weighted by Crippen LogP contribution is -2.29. The highest BCUT2D eigenvalue weighted by Crippen LogP contribution is 2.26. The lowest BCUT2D eigenvalue weighted by Gasteiger charge is -2.16. The summed E-state index contributed by atoms with van der Waals surface area (Å²) in [6.45, 7) is 3.05. The van der Waals surface area contributed by atoms with Crippen molar-refractivity contribution >= 4 is 11.9 Å². The number of likely N-dealkylation sites (tertiary alicyclic amines) is 1. The molecule has 0 spiro atoms. The third kappa shape index (κ3) is 3.10. The van der Waals surface area contributed by atoms with Gasteiger partial charge in [-0.2, -0.15) is 5.10 Å². The molecule has 2 aromatic heterocycles. The Bertz CT molecular complexity index is 778. The number of aromatic amines is 2. The molecule has 2 N–H and O–H groups in total. The first kappa shape index (κ1) is 15.3. The minimum absolute atomic E-state index is 0.0694. The molecule has 0 radical (unpaired) electrons. The molecule has 0 saturated carbocycles. The minimum Gasteiger partial charge on any atom is -0.348 e. The Morgan fingerprint density at radius 3 is 2.83 bits per heavy atom. The Morgan fingerprint density at radius 1 is 1.39 bits per heavy atom. The van der Waals surface area contributed by atoms with Gasteiger partial charge in [0.05, 0.1) is 5.69 Å². The summed E-state index contributed by atoms with van der Waals surface area (Å²) >= 11 is 0. The summed E-state index contributed by atoms with van der Waals surface area (Å²) < 4.78 is 0. The molecule has 1 aliphatic heterocycles. The number of hydrogen-bond donors (Lipinski definition) is 2. The Labute approximate surface area is 133 Å². The summed E-state index contributed by atoms with van der Waals surface area (Å²) in [5, 5.41) is 6.80. The maximum atomic E-state index is 12.4. The molecule has 3 heterocycles. The van der Waals surface area contributed by atoms with Crippen LogP contribution in [0.1, 0.15) is 34.2 Å². The highest BCUT2D eigenvalue weighted by Gasteiger charge is 2.30. The number of anilines is 1. The molecule has 1 saturated heterocycles. The van der Waals surface area contributed by atoms with Crippen LogP contribution in [0.15, 0.2) is 16.9 Å². The van der Waals surface area contributed by atoms with Crippen molar-refractivity contribution in [1.82, 2.24) is 25.1 Å². The van der Waals surface area contributed by atoms with Gasteiger partial charge in [-0.05, 0) is 19.4 Å². The zero-order chi connectivity index (χ0) is 16.6. The molecule has 1 unspecified atom stereocenters. The molecule has 3 rings (SSSR count). The van der Waals surface area contributed by atoms with Crippen LogP contribution in [0.5, 0.6) is 0 Å². The van der Waals surface area contributed by atoms with E-state index in [1.54, 1.807) is 15.9 Å². The van der Waals surface area contributed by atoms with Gasteiger partial charge in [0.1, 0.15) is 5.69 Å². The topological polar surface area (TPSA) is 98.0 Å². The fraction of sp³-hybridized carbons (Fsp3) is 0.467. The van der Waals surface area contributed by atoms with Gasteiger partial charge < -0.3 is 9.80 Å². The average molecular weight is 316 g/mol. The second-order valence-electron chi connectivity index (χ2n) is 6.06. The van der Waals surface area contributed by atoms with Crippen LogP contribution in [-0.2, 0) is 0 Å². The van der Waals surface area contributed by atoms with Gasteiger partial charge in [0.15, 0.2) is 0 Å². The third-order valence-electron chi connectivity index (χ3n) is 3.99. The van der Waals surface area contributed by atoms with E-state index in [1.807, 2.05) is 21.0 Å². The van der Waals surface area contributed by atoms with E-state index >= 15 is 0 Å². The number of aryl methyl sites for hydroxylation is 1. The van der Waals surface area contributed by atoms with Crippen LogP contribution in [0.4, 0.5) is 5.95 Å². The number of rotatable bonds is 3. The summed E-state index contributed by atoms with van der Waals surface area (Å²) in [4.78, 5) is 34.9. The van der Waals surface area contributed by atoms with E-state index in [4.69, 9.17) is 0 Å². The monoisotopic (exact) mass is 316 g/mol. The molecule has 0 bridgehead atoms. The second-order valence-corrected chi connectivity index (χ2v) is 6.06. The van der Waals surface area contributed by atoms with Crippen molar-refractivity contribution in [3.8, 4) is 0 Å². The number of nitrogens with zero attached hydrogens (tertiary/aromatic N) is 4. The van der Waals surface area contributed by atoms with Crippen molar-refractivity contribution < 1.29 is 4.79 Å². The maximum Gasteiger partial charge on any atom is 0.274 e. The first-order valence-electron chi connectivity index (χ1n) is 7.54. The summed E-state index contributed by atoms with van der Waals surface area (Å²) in [5.41, 5.74) is 1.84. The molecule has 0 aromatic carbocycles. The number of carbonyl (C=O) groups is 1. The first-order chi connectivity index (χ1) is 10.9. The van der Waals surface area contributed by atoms with E-state index in [1.165, 1.54) is 6.07 Å². The molecule has 1 amide bonds. The molecular weight excluding hydrogens is 296 g/mol. The van der Waals surface area contributed by atoms with Gasteiger partial charge in [-0.15, -0.1) is 0 Å². The predicted molar refractivity (Wildman–Crippen MR) is 85.8 cm³/mol. The minimum atomic E-state index is -0.175. The van der Waals surface area contributed by atoms with Crippen LogP contribution in [0.2, 0.25) is 0 Å². The molecule has 122 valence electrons. The maximum absolute atomic E-state index is 12.4.